The van der Waals surface area contributed by atoms with Crippen molar-refractivity contribution >= 4 is 57.7 Å². The number of carboxylic acids is 1. The molecule has 0 saturated heterocycles. The molecule has 15 nitrogen and oxygen atoms in total. The molecule has 0 spiro atoms. The second-order valence-electron chi connectivity index (χ2n) is 15.0. The van der Waals surface area contributed by atoms with Gasteiger partial charge in [-0.05, 0) is 103 Å². The number of unbranched alkanes of at least 4 members (excludes halogenated alkanes) is 2. The molecule has 1 aliphatic carbocycles. The predicted molar refractivity (Wildman–Crippen MR) is 220 cm³/mol. The maximum absolute atomic E-state index is 12.2. The van der Waals surface area contributed by atoms with E-state index in [0.717, 1.165) is 11.1 Å². The van der Waals surface area contributed by atoms with Gasteiger partial charge in [-0.3, -0.25) is 23.0 Å². The molecule has 318 valence electrons. The largest absolute Gasteiger partial charge is 0.481 e. The zero-order chi connectivity index (χ0) is 43.3. The van der Waals surface area contributed by atoms with Gasteiger partial charge in [-0.2, -0.15) is 33.7 Å². The molecule has 58 heavy (non-hydrogen) atoms. The van der Waals surface area contributed by atoms with Gasteiger partial charge in [-0.1, -0.05) is 69.2 Å². The van der Waals surface area contributed by atoms with E-state index < -0.39 is 68.8 Å². The first-order valence-electron chi connectivity index (χ1n) is 18.4. The van der Waals surface area contributed by atoms with Gasteiger partial charge < -0.3 is 10.0 Å². The minimum Gasteiger partial charge on any atom is -0.481 e. The van der Waals surface area contributed by atoms with Crippen LogP contribution in [0.4, 0.5) is 5.69 Å². The first kappa shape index (κ1) is 46.7. The van der Waals surface area contributed by atoms with Crippen LogP contribution >= 0.6 is 0 Å². The van der Waals surface area contributed by atoms with E-state index in [1.165, 1.54) is 30.3 Å². The summed E-state index contributed by atoms with van der Waals surface area (Å²) in [6.45, 7) is 5.76. The number of carboxylic acid groups (broad SMARTS) is 1. The number of anilines is 1. The molecule has 19 heteroatoms. The summed E-state index contributed by atoms with van der Waals surface area (Å²) in [4.78, 5) is 12.3. The number of allylic oxidation sites excluding steroid dienone is 10. The van der Waals surface area contributed by atoms with Crippen molar-refractivity contribution in [1.29, 1.82) is 0 Å². The summed E-state index contributed by atoms with van der Waals surface area (Å²) < 4.78 is 133. The molecule has 1 unspecified atom stereocenters. The van der Waals surface area contributed by atoms with Crippen LogP contribution in [0.25, 0.3) is 5.57 Å². The van der Waals surface area contributed by atoms with E-state index in [0.29, 0.717) is 53.8 Å². The minimum absolute atomic E-state index is 0.0137. The standard InChI is InChI=1S/C39H49NO14S4/c1-38(2)32(30(14-12-24-55(43,44)45)31-20-18-28(26-33(31)38)57(49,50)51)15-8-5-4-6-9-16-36-39(3,22-11-7-10-17-37(41)42)34-27-29(58(52,53)54)19-21-35(34)40(36)23-13-25-56(46,47)48/h4-6,8-9,15-16,18-21,26-27H,7,10-14,17,22-25H2,1-3H3,(H,41,42)(H,43,44,45)(H,46,47,48)(H,49,50,51)(H,52,53,54)/b5-4+,9-6+,15-8+,36-16-. The molecule has 1 heterocycles. The van der Waals surface area contributed by atoms with E-state index in [-0.39, 0.29) is 42.0 Å². The summed E-state index contributed by atoms with van der Waals surface area (Å²) in [5.41, 5.74) is 3.05. The SMILES string of the molecule is CC1(C)C(/C=C/C=C/C=C/C=C2\N(CCCS(=O)(=O)O)c3ccc(S(=O)(=O)O)cc3C2(C)CCCCCC(=O)O)=C(CCCS(=O)(=O)O)c2ccc(S(=O)(=O)O)cc21. The van der Waals surface area contributed by atoms with Gasteiger partial charge in [0.2, 0.25) is 0 Å². The Bertz CT molecular complexity index is 2520. The molecule has 1 aliphatic heterocycles. The van der Waals surface area contributed by atoms with E-state index in [1.54, 1.807) is 42.5 Å². The van der Waals surface area contributed by atoms with Gasteiger partial charge in [0.1, 0.15) is 0 Å². The molecule has 4 rings (SSSR count). The van der Waals surface area contributed by atoms with E-state index in [1.807, 2.05) is 31.7 Å². The average molecular weight is 884 g/mol. The van der Waals surface area contributed by atoms with Gasteiger partial charge in [0.25, 0.3) is 40.5 Å². The Morgan fingerprint density at radius 3 is 1.86 bits per heavy atom. The van der Waals surface area contributed by atoms with Crippen LogP contribution in [0.2, 0.25) is 0 Å². The third kappa shape index (κ3) is 11.8. The number of hydrogen-bond donors (Lipinski definition) is 5. The van der Waals surface area contributed by atoms with Crippen LogP contribution in [0.1, 0.15) is 88.8 Å². The molecule has 2 aromatic carbocycles. The van der Waals surface area contributed by atoms with Crippen molar-refractivity contribution in [3.05, 3.63) is 107 Å². The first-order valence-corrected chi connectivity index (χ1v) is 24.5. The average Bonchev–Trinajstić information content (AvgIpc) is 3.44. The van der Waals surface area contributed by atoms with Crippen molar-refractivity contribution in [3.63, 3.8) is 0 Å². The summed E-state index contributed by atoms with van der Waals surface area (Å²) in [6.07, 6.45) is 14.7. The zero-order valence-electron chi connectivity index (χ0n) is 32.3. The topological polar surface area (TPSA) is 258 Å². The summed E-state index contributed by atoms with van der Waals surface area (Å²) in [5.74, 6) is -1.91. The second-order valence-corrected chi connectivity index (χ2v) is 21.0. The normalized spacial score (nSPS) is 19.3. The monoisotopic (exact) mass is 883 g/mol. The fourth-order valence-electron chi connectivity index (χ4n) is 7.66. The molecular weight excluding hydrogens is 835 g/mol. The molecular formula is C39H49NO14S4. The Labute approximate surface area is 340 Å². The Balaban J connectivity index is 1.69. The highest BCUT2D eigenvalue weighted by atomic mass is 32.2. The lowest BCUT2D eigenvalue weighted by Gasteiger charge is -2.30. The van der Waals surface area contributed by atoms with Crippen LogP contribution < -0.4 is 4.90 Å². The molecule has 0 fully saturated rings. The van der Waals surface area contributed by atoms with Crippen molar-refractivity contribution in [3.8, 4) is 0 Å². The van der Waals surface area contributed by atoms with Gasteiger partial charge in [0, 0.05) is 35.2 Å². The van der Waals surface area contributed by atoms with Crippen LogP contribution in [0, 0.1) is 0 Å². The predicted octanol–water partition coefficient (Wildman–Crippen LogP) is 6.54. The van der Waals surface area contributed by atoms with E-state index in [9.17, 15) is 56.7 Å². The van der Waals surface area contributed by atoms with E-state index in [2.05, 4.69) is 0 Å². The maximum atomic E-state index is 12.2. The van der Waals surface area contributed by atoms with Gasteiger partial charge in [0.05, 0.1) is 21.3 Å². The highest BCUT2D eigenvalue weighted by Gasteiger charge is 2.43. The van der Waals surface area contributed by atoms with E-state index >= 15 is 0 Å². The zero-order valence-corrected chi connectivity index (χ0v) is 35.5. The van der Waals surface area contributed by atoms with Gasteiger partial charge >= 0.3 is 5.97 Å². The lowest BCUT2D eigenvalue weighted by molar-refractivity contribution is -0.137. The Kier molecular flexibility index (Phi) is 14.6. The number of nitrogens with zero attached hydrogens (tertiary/aromatic N) is 1. The Morgan fingerprint density at radius 1 is 0.690 bits per heavy atom. The fourth-order valence-corrected chi connectivity index (χ4v) is 9.68. The van der Waals surface area contributed by atoms with Crippen LogP contribution in [0.5, 0.6) is 0 Å². The molecule has 1 atom stereocenters. The molecule has 5 N–H and O–H groups in total. The molecule has 0 radical (unpaired) electrons. The van der Waals surface area contributed by atoms with Crippen molar-refractivity contribution in [2.45, 2.75) is 92.8 Å². The summed E-state index contributed by atoms with van der Waals surface area (Å²) in [5, 5.41) is 9.09. The van der Waals surface area contributed by atoms with Crippen molar-refractivity contribution in [2.24, 2.45) is 0 Å². The van der Waals surface area contributed by atoms with Crippen molar-refractivity contribution < 1.29 is 61.8 Å². The van der Waals surface area contributed by atoms with Crippen molar-refractivity contribution in [1.82, 2.24) is 0 Å². The number of hydrogen-bond acceptors (Lipinski definition) is 10. The number of carbonyl (C=O) groups is 1. The van der Waals surface area contributed by atoms with Crippen molar-refractivity contribution in [2.75, 3.05) is 23.0 Å². The van der Waals surface area contributed by atoms with Gasteiger partial charge in [-0.15, -0.1) is 0 Å². The fraction of sp³-hybridized carbons (Fsp3) is 0.410. The second kappa shape index (κ2) is 18.1. The Morgan fingerprint density at radius 2 is 1.26 bits per heavy atom. The van der Waals surface area contributed by atoms with Crippen LogP contribution in [0.15, 0.2) is 100.0 Å². The summed E-state index contributed by atoms with van der Waals surface area (Å²) in [7, 11) is -17.6. The smallest absolute Gasteiger partial charge is 0.303 e. The molecule has 0 bridgehead atoms. The lowest BCUT2D eigenvalue weighted by atomic mass is 9.77. The summed E-state index contributed by atoms with van der Waals surface area (Å²) in [6, 6.07) is 8.39. The lowest BCUT2D eigenvalue weighted by Crippen LogP contribution is -2.30. The third-order valence-electron chi connectivity index (χ3n) is 10.4. The molecule has 0 saturated carbocycles. The summed E-state index contributed by atoms with van der Waals surface area (Å²) >= 11 is 0. The highest BCUT2D eigenvalue weighted by molar-refractivity contribution is 7.86. The number of aliphatic carboxylic acids is 1. The van der Waals surface area contributed by atoms with Gasteiger partial charge in [0.15, 0.2) is 0 Å². The van der Waals surface area contributed by atoms with Crippen LogP contribution in [0.3, 0.4) is 0 Å². The molecule has 0 aromatic heterocycles. The first-order chi connectivity index (χ1) is 26.8. The maximum Gasteiger partial charge on any atom is 0.303 e. The van der Waals surface area contributed by atoms with Crippen LogP contribution in [-0.2, 0) is 56.1 Å². The number of fused-ring (bicyclic) bond motifs is 2. The molecule has 2 aliphatic rings. The number of rotatable bonds is 20. The van der Waals surface area contributed by atoms with Crippen LogP contribution in [-0.4, -0.2) is 81.0 Å². The minimum atomic E-state index is -4.58. The Hall–Kier alpha value is -3.95. The quantitative estimate of drug-likeness (QED) is 0.0538. The highest BCUT2D eigenvalue weighted by Crippen LogP contribution is 2.52. The molecule has 2 aromatic rings. The molecule has 0 amide bonds. The number of benzene rings is 2. The van der Waals surface area contributed by atoms with Gasteiger partial charge in [-0.25, -0.2) is 0 Å². The van der Waals surface area contributed by atoms with E-state index in [4.69, 9.17) is 5.11 Å². The third-order valence-corrected chi connectivity index (χ3v) is 13.7.